The Bertz CT molecular complexity index is 547. The number of rotatable bonds is 3. The van der Waals surface area contributed by atoms with E-state index in [0.717, 1.165) is 15.2 Å². The lowest BCUT2D eigenvalue weighted by molar-refractivity contribution is -0.144. The highest BCUT2D eigenvalue weighted by atomic mass is 32.1. The summed E-state index contributed by atoms with van der Waals surface area (Å²) in [6, 6.07) is 6.14. The largest absolute Gasteiger partial charge is 0.465 e. The van der Waals surface area contributed by atoms with Gasteiger partial charge in [-0.25, -0.2) is 4.98 Å². The summed E-state index contributed by atoms with van der Waals surface area (Å²) in [6.07, 6.45) is 0. The van der Waals surface area contributed by atoms with Crippen LogP contribution in [0.1, 0.15) is 30.3 Å². The van der Waals surface area contributed by atoms with Gasteiger partial charge in [0.15, 0.2) is 0 Å². The lowest BCUT2D eigenvalue weighted by Gasteiger charge is -2.06. The third-order valence-corrected chi connectivity index (χ3v) is 3.79. The number of hydrogen-bond donors (Lipinski definition) is 0. The van der Waals surface area contributed by atoms with E-state index in [4.69, 9.17) is 4.74 Å². The van der Waals surface area contributed by atoms with Gasteiger partial charge in [0.25, 0.3) is 0 Å². The van der Waals surface area contributed by atoms with Crippen LogP contribution >= 0.6 is 11.3 Å². The molecule has 0 spiro atoms. The van der Waals surface area contributed by atoms with Crippen LogP contribution < -0.4 is 0 Å². The summed E-state index contributed by atoms with van der Waals surface area (Å²) in [5.74, 6) is -0.490. The molecule has 0 radical (unpaired) electrons. The number of hydrogen-bond acceptors (Lipinski definition) is 4. The Kier molecular flexibility index (Phi) is 3.43. The van der Waals surface area contributed by atoms with Gasteiger partial charge in [0, 0.05) is 0 Å². The maximum Gasteiger partial charge on any atom is 0.315 e. The van der Waals surface area contributed by atoms with Gasteiger partial charge in [-0.05, 0) is 38.5 Å². The zero-order chi connectivity index (χ0) is 12.4. The molecular formula is C13H15NO2S. The van der Waals surface area contributed by atoms with Crippen LogP contribution in [-0.4, -0.2) is 17.6 Å². The molecule has 0 amide bonds. The average molecular weight is 249 g/mol. The van der Waals surface area contributed by atoms with Crippen molar-refractivity contribution in [2.45, 2.75) is 26.7 Å². The van der Waals surface area contributed by atoms with Crippen LogP contribution in [0.5, 0.6) is 0 Å². The van der Waals surface area contributed by atoms with Crippen molar-refractivity contribution in [3.63, 3.8) is 0 Å². The molecule has 0 saturated carbocycles. The zero-order valence-corrected chi connectivity index (χ0v) is 11.0. The number of esters is 1. The minimum Gasteiger partial charge on any atom is -0.465 e. The first-order valence-corrected chi connectivity index (χ1v) is 6.47. The minimum atomic E-state index is -0.285. The number of thiazole rings is 1. The molecule has 1 aromatic carbocycles. The van der Waals surface area contributed by atoms with E-state index in [0.29, 0.717) is 6.61 Å². The SMILES string of the molecule is CCOC(=O)C(C)c1nc2cc(C)ccc2s1. The van der Waals surface area contributed by atoms with Crippen molar-refractivity contribution in [2.24, 2.45) is 0 Å². The molecule has 90 valence electrons. The van der Waals surface area contributed by atoms with Gasteiger partial charge in [0.2, 0.25) is 0 Å². The molecule has 0 bridgehead atoms. The normalized spacial score (nSPS) is 12.6. The van der Waals surface area contributed by atoms with Gasteiger partial charge >= 0.3 is 5.97 Å². The predicted molar refractivity (Wildman–Crippen MR) is 69.4 cm³/mol. The van der Waals surface area contributed by atoms with Gasteiger partial charge in [-0.1, -0.05) is 6.07 Å². The number of carbonyl (C=O) groups is 1. The monoisotopic (exact) mass is 249 g/mol. The summed E-state index contributed by atoms with van der Waals surface area (Å²) in [5, 5.41) is 0.823. The van der Waals surface area contributed by atoms with Gasteiger partial charge in [-0.2, -0.15) is 0 Å². The fourth-order valence-corrected chi connectivity index (χ4v) is 2.60. The quantitative estimate of drug-likeness (QED) is 0.784. The van der Waals surface area contributed by atoms with Crippen molar-refractivity contribution in [3.05, 3.63) is 28.8 Å². The lowest BCUT2D eigenvalue weighted by atomic mass is 10.2. The van der Waals surface area contributed by atoms with Crippen molar-refractivity contribution < 1.29 is 9.53 Å². The van der Waals surface area contributed by atoms with E-state index in [-0.39, 0.29) is 11.9 Å². The highest BCUT2D eigenvalue weighted by Crippen LogP contribution is 2.28. The van der Waals surface area contributed by atoms with E-state index in [1.165, 1.54) is 5.56 Å². The van der Waals surface area contributed by atoms with Crippen molar-refractivity contribution in [3.8, 4) is 0 Å². The van der Waals surface area contributed by atoms with Crippen LogP contribution in [0, 0.1) is 6.92 Å². The van der Waals surface area contributed by atoms with Crippen molar-refractivity contribution in [2.75, 3.05) is 6.61 Å². The maximum atomic E-state index is 11.6. The highest BCUT2D eigenvalue weighted by molar-refractivity contribution is 7.18. The summed E-state index contributed by atoms with van der Waals surface area (Å²) in [7, 11) is 0. The molecule has 1 heterocycles. The number of fused-ring (bicyclic) bond motifs is 1. The van der Waals surface area contributed by atoms with Crippen LogP contribution in [-0.2, 0) is 9.53 Å². The Morgan fingerprint density at radius 2 is 2.29 bits per heavy atom. The first kappa shape index (κ1) is 12.0. The first-order valence-electron chi connectivity index (χ1n) is 5.65. The van der Waals surface area contributed by atoms with Crippen LogP contribution in [0.3, 0.4) is 0 Å². The van der Waals surface area contributed by atoms with E-state index in [1.807, 2.05) is 32.9 Å². The molecule has 0 saturated heterocycles. The second-order valence-corrected chi connectivity index (χ2v) is 5.06. The molecule has 4 heteroatoms. The smallest absolute Gasteiger partial charge is 0.315 e. The topological polar surface area (TPSA) is 39.2 Å². The van der Waals surface area contributed by atoms with Gasteiger partial charge in [-0.15, -0.1) is 11.3 Å². The van der Waals surface area contributed by atoms with Crippen LogP contribution in [0.4, 0.5) is 0 Å². The van der Waals surface area contributed by atoms with E-state index in [1.54, 1.807) is 11.3 Å². The van der Waals surface area contributed by atoms with E-state index >= 15 is 0 Å². The van der Waals surface area contributed by atoms with Gasteiger partial charge in [0.1, 0.15) is 10.9 Å². The molecule has 0 fully saturated rings. The minimum absolute atomic E-state index is 0.205. The van der Waals surface area contributed by atoms with Crippen molar-refractivity contribution in [1.82, 2.24) is 4.98 Å². The predicted octanol–water partition coefficient (Wildman–Crippen LogP) is 3.27. The summed E-state index contributed by atoms with van der Waals surface area (Å²) in [5.41, 5.74) is 2.14. The van der Waals surface area contributed by atoms with E-state index in [9.17, 15) is 4.79 Å². The molecule has 1 aromatic heterocycles. The molecule has 1 atom stereocenters. The number of aryl methyl sites for hydroxylation is 1. The molecular weight excluding hydrogens is 234 g/mol. The van der Waals surface area contributed by atoms with Crippen LogP contribution in [0.15, 0.2) is 18.2 Å². The third kappa shape index (κ3) is 2.47. The Morgan fingerprint density at radius 1 is 1.53 bits per heavy atom. The summed E-state index contributed by atoms with van der Waals surface area (Å²) in [6.45, 7) is 6.09. The molecule has 0 aliphatic carbocycles. The number of ether oxygens (including phenoxy) is 1. The second-order valence-electron chi connectivity index (χ2n) is 4.00. The van der Waals surface area contributed by atoms with Crippen LogP contribution in [0.25, 0.3) is 10.2 Å². The van der Waals surface area contributed by atoms with Crippen LogP contribution in [0.2, 0.25) is 0 Å². The van der Waals surface area contributed by atoms with Gasteiger partial charge in [-0.3, -0.25) is 4.79 Å². The Balaban J connectivity index is 2.33. The molecule has 0 aliphatic rings. The molecule has 3 nitrogen and oxygen atoms in total. The molecule has 17 heavy (non-hydrogen) atoms. The third-order valence-electron chi connectivity index (χ3n) is 2.57. The maximum absolute atomic E-state index is 11.6. The fourth-order valence-electron chi connectivity index (χ4n) is 1.61. The molecule has 2 rings (SSSR count). The van der Waals surface area contributed by atoms with Crippen molar-refractivity contribution in [1.29, 1.82) is 0 Å². The Labute approximate surface area is 104 Å². The Hall–Kier alpha value is -1.42. The number of aromatic nitrogens is 1. The summed E-state index contributed by atoms with van der Waals surface area (Å²) < 4.78 is 6.12. The zero-order valence-electron chi connectivity index (χ0n) is 10.2. The highest BCUT2D eigenvalue weighted by Gasteiger charge is 2.20. The average Bonchev–Trinajstić information content (AvgIpc) is 2.71. The molecule has 2 aromatic rings. The second kappa shape index (κ2) is 4.84. The molecule has 1 unspecified atom stereocenters. The molecule has 0 N–H and O–H groups in total. The first-order chi connectivity index (χ1) is 8.11. The van der Waals surface area contributed by atoms with Gasteiger partial charge < -0.3 is 4.74 Å². The standard InChI is InChI=1S/C13H15NO2S/c1-4-16-13(15)9(3)12-14-10-7-8(2)5-6-11(10)17-12/h5-7,9H,4H2,1-3H3. The summed E-state index contributed by atoms with van der Waals surface area (Å²) >= 11 is 1.56. The lowest BCUT2D eigenvalue weighted by Crippen LogP contribution is -2.12. The number of benzene rings is 1. The van der Waals surface area contributed by atoms with Gasteiger partial charge in [0.05, 0.1) is 16.8 Å². The number of carbonyl (C=O) groups excluding carboxylic acids is 1. The number of nitrogens with zero attached hydrogens (tertiary/aromatic N) is 1. The fraction of sp³-hybridized carbons (Fsp3) is 0.385. The van der Waals surface area contributed by atoms with Crippen molar-refractivity contribution >= 4 is 27.5 Å². The van der Waals surface area contributed by atoms with E-state index < -0.39 is 0 Å². The van der Waals surface area contributed by atoms with E-state index in [2.05, 4.69) is 11.1 Å². The molecule has 0 aliphatic heterocycles. The summed E-state index contributed by atoms with van der Waals surface area (Å²) in [4.78, 5) is 16.1. The Morgan fingerprint density at radius 3 is 3.00 bits per heavy atom.